The third kappa shape index (κ3) is 3.55. The standard InChI is InChI=1S/C13H17N3O2/c17-16(18)13-9-7-12(8-10-13)15-14-11-5-3-1-2-4-6-11/h7-10,15H,1-6H2. The lowest BCUT2D eigenvalue weighted by atomic mass is 10.2. The Kier molecular flexibility index (Phi) is 4.28. The van der Waals surface area contributed by atoms with Crippen LogP contribution >= 0.6 is 0 Å². The molecular weight excluding hydrogens is 230 g/mol. The van der Waals surface area contributed by atoms with Crippen molar-refractivity contribution < 1.29 is 4.92 Å². The Bertz CT molecular complexity index is 430. The van der Waals surface area contributed by atoms with Gasteiger partial charge < -0.3 is 0 Å². The molecule has 0 atom stereocenters. The molecule has 96 valence electrons. The van der Waals surface area contributed by atoms with Crippen LogP contribution in [0.25, 0.3) is 0 Å². The van der Waals surface area contributed by atoms with Crippen molar-refractivity contribution in [2.24, 2.45) is 5.10 Å². The van der Waals surface area contributed by atoms with Crippen molar-refractivity contribution in [2.75, 3.05) is 5.43 Å². The van der Waals surface area contributed by atoms with Gasteiger partial charge in [0.2, 0.25) is 0 Å². The predicted octanol–water partition coefficient (Wildman–Crippen LogP) is 3.72. The summed E-state index contributed by atoms with van der Waals surface area (Å²) in [6, 6.07) is 6.32. The second kappa shape index (κ2) is 6.14. The molecule has 2 rings (SSSR count). The van der Waals surface area contributed by atoms with Crippen LogP contribution in [0.1, 0.15) is 38.5 Å². The highest BCUT2D eigenvalue weighted by atomic mass is 16.6. The highest BCUT2D eigenvalue weighted by molar-refractivity contribution is 5.85. The molecule has 0 bridgehead atoms. The largest absolute Gasteiger partial charge is 0.279 e. The molecule has 5 heteroatoms. The first-order valence-corrected chi connectivity index (χ1v) is 6.31. The minimum atomic E-state index is -0.402. The number of hydrazone groups is 1. The van der Waals surface area contributed by atoms with Gasteiger partial charge in [-0.2, -0.15) is 5.10 Å². The zero-order valence-electron chi connectivity index (χ0n) is 10.3. The number of hydrogen-bond donors (Lipinski definition) is 1. The van der Waals surface area contributed by atoms with Gasteiger partial charge in [-0.1, -0.05) is 12.8 Å². The molecule has 0 aliphatic heterocycles. The van der Waals surface area contributed by atoms with E-state index < -0.39 is 4.92 Å². The molecular formula is C13H17N3O2. The molecule has 0 radical (unpaired) electrons. The number of benzene rings is 1. The Balaban J connectivity index is 1.96. The normalized spacial score (nSPS) is 15.9. The zero-order valence-corrected chi connectivity index (χ0v) is 10.3. The van der Waals surface area contributed by atoms with Crippen LogP contribution in [0, 0.1) is 10.1 Å². The average Bonchev–Trinajstić information content (AvgIpc) is 2.65. The van der Waals surface area contributed by atoms with E-state index in [1.807, 2.05) is 0 Å². The van der Waals surface area contributed by atoms with Crippen LogP contribution in [0.4, 0.5) is 11.4 Å². The van der Waals surface area contributed by atoms with Gasteiger partial charge in [0, 0.05) is 17.8 Å². The summed E-state index contributed by atoms with van der Waals surface area (Å²) in [5, 5.41) is 14.9. The summed E-state index contributed by atoms with van der Waals surface area (Å²) in [6.45, 7) is 0. The lowest BCUT2D eigenvalue weighted by Gasteiger charge is -2.04. The average molecular weight is 247 g/mol. The van der Waals surface area contributed by atoms with E-state index in [9.17, 15) is 10.1 Å². The molecule has 0 unspecified atom stereocenters. The van der Waals surface area contributed by atoms with E-state index >= 15 is 0 Å². The van der Waals surface area contributed by atoms with Crippen LogP contribution in [-0.2, 0) is 0 Å². The molecule has 18 heavy (non-hydrogen) atoms. The Morgan fingerprint density at radius 2 is 1.67 bits per heavy atom. The predicted molar refractivity (Wildman–Crippen MR) is 71.9 cm³/mol. The highest BCUT2D eigenvalue weighted by Crippen LogP contribution is 2.17. The van der Waals surface area contributed by atoms with Crippen LogP contribution in [0.15, 0.2) is 29.4 Å². The van der Waals surface area contributed by atoms with E-state index in [0.29, 0.717) is 0 Å². The monoisotopic (exact) mass is 247 g/mol. The molecule has 0 amide bonds. The number of non-ortho nitro benzene ring substituents is 1. The fraction of sp³-hybridized carbons (Fsp3) is 0.462. The van der Waals surface area contributed by atoms with Crippen molar-refractivity contribution in [1.82, 2.24) is 0 Å². The molecule has 1 aromatic rings. The molecule has 0 saturated heterocycles. The van der Waals surface area contributed by atoms with Gasteiger partial charge >= 0.3 is 0 Å². The number of nitro groups is 1. The van der Waals surface area contributed by atoms with E-state index in [-0.39, 0.29) is 5.69 Å². The summed E-state index contributed by atoms with van der Waals surface area (Å²) in [6.07, 6.45) is 7.11. The number of nitrogens with one attached hydrogen (secondary N) is 1. The topological polar surface area (TPSA) is 67.5 Å². The van der Waals surface area contributed by atoms with Gasteiger partial charge in [0.15, 0.2) is 0 Å². The van der Waals surface area contributed by atoms with Crippen LogP contribution in [0.2, 0.25) is 0 Å². The maximum absolute atomic E-state index is 10.5. The summed E-state index contributed by atoms with van der Waals surface area (Å²) in [5.74, 6) is 0. The molecule has 0 spiro atoms. The van der Waals surface area contributed by atoms with Crippen LogP contribution in [0.3, 0.4) is 0 Å². The first-order chi connectivity index (χ1) is 8.75. The van der Waals surface area contributed by atoms with Gasteiger partial charge in [-0.15, -0.1) is 0 Å². The van der Waals surface area contributed by atoms with Gasteiger partial charge in [-0.25, -0.2) is 0 Å². The van der Waals surface area contributed by atoms with Gasteiger partial charge in [0.1, 0.15) is 0 Å². The van der Waals surface area contributed by atoms with Crippen LogP contribution < -0.4 is 5.43 Å². The van der Waals surface area contributed by atoms with Gasteiger partial charge in [-0.3, -0.25) is 15.5 Å². The molecule has 1 fully saturated rings. The van der Waals surface area contributed by atoms with Crippen LogP contribution in [-0.4, -0.2) is 10.6 Å². The first-order valence-electron chi connectivity index (χ1n) is 6.31. The summed E-state index contributed by atoms with van der Waals surface area (Å²) >= 11 is 0. The summed E-state index contributed by atoms with van der Waals surface area (Å²) < 4.78 is 0. The van der Waals surface area contributed by atoms with Crippen molar-refractivity contribution in [2.45, 2.75) is 38.5 Å². The van der Waals surface area contributed by atoms with Gasteiger partial charge in [0.25, 0.3) is 5.69 Å². The number of anilines is 1. The third-order valence-electron chi connectivity index (χ3n) is 3.10. The molecule has 0 aromatic heterocycles. The molecule has 1 aliphatic carbocycles. The summed E-state index contributed by atoms with van der Waals surface area (Å²) in [7, 11) is 0. The van der Waals surface area contributed by atoms with Crippen molar-refractivity contribution in [3.63, 3.8) is 0 Å². The molecule has 0 heterocycles. The smallest absolute Gasteiger partial charge is 0.269 e. The number of hydrogen-bond acceptors (Lipinski definition) is 4. The molecule has 1 N–H and O–H groups in total. The van der Waals surface area contributed by atoms with Gasteiger partial charge in [-0.05, 0) is 37.8 Å². The van der Waals surface area contributed by atoms with E-state index in [0.717, 1.165) is 18.5 Å². The second-order valence-corrected chi connectivity index (χ2v) is 4.51. The van der Waals surface area contributed by atoms with Crippen molar-refractivity contribution in [3.05, 3.63) is 34.4 Å². The quantitative estimate of drug-likeness (QED) is 0.503. The fourth-order valence-electron chi connectivity index (χ4n) is 2.05. The first kappa shape index (κ1) is 12.5. The Morgan fingerprint density at radius 3 is 2.22 bits per heavy atom. The minimum Gasteiger partial charge on any atom is -0.279 e. The maximum atomic E-state index is 10.5. The SMILES string of the molecule is O=[N+]([O-])c1ccc(NN=C2CCCCCC2)cc1. The summed E-state index contributed by atoms with van der Waals surface area (Å²) in [4.78, 5) is 10.1. The van der Waals surface area contributed by atoms with E-state index in [1.54, 1.807) is 12.1 Å². The highest BCUT2D eigenvalue weighted by Gasteiger charge is 2.06. The maximum Gasteiger partial charge on any atom is 0.269 e. The Labute approximate surface area is 106 Å². The molecule has 1 aromatic carbocycles. The Morgan fingerprint density at radius 1 is 1.06 bits per heavy atom. The lowest BCUT2D eigenvalue weighted by molar-refractivity contribution is -0.384. The fourth-order valence-corrected chi connectivity index (χ4v) is 2.05. The van der Waals surface area contributed by atoms with E-state index in [2.05, 4.69) is 10.5 Å². The van der Waals surface area contributed by atoms with Gasteiger partial charge in [0.05, 0.1) is 10.6 Å². The number of nitro benzene ring substituents is 1. The summed E-state index contributed by atoms with van der Waals surface area (Å²) in [5.41, 5.74) is 5.06. The third-order valence-corrected chi connectivity index (χ3v) is 3.10. The second-order valence-electron chi connectivity index (χ2n) is 4.51. The number of nitrogens with zero attached hydrogens (tertiary/aromatic N) is 2. The van der Waals surface area contributed by atoms with Crippen molar-refractivity contribution in [3.8, 4) is 0 Å². The molecule has 1 aliphatic rings. The zero-order chi connectivity index (χ0) is 12.8. The molecule has 5 nitrogen and oxygen atoms in total. The number of rotatable bonds is 3. The van der Waals surface area contributed by atoms with Crippen LogP contribution in [0.5, 0.6) is 0 Å². The lowest BCUT2D eigenvalue weighted by Crippen LogP contribution is -2.00. The van der Waals surface area contributed by atoms with Crippen molar-refractivity contribution in [1.29, 1.82) is 0 Å². The van der Waals surface area contributed by atoms with E-state index in [4.69, 9.17) is 0 Å². The van der Waals surface area contributed by atoms with E-state index in [1.165, 1.54) is 43.5 Å². The van der Waals surface area contributed by atoms with Crippen molar-refractivity contribution >= 4 is 17.1 Å². The molecule has 1 saturated carbocycles. The minimum absolute atomic E-state index is 0.0997. The Hall–Kier alpha value is -1.91.